The van der Waals surface area contributed by atoms with Gasteiger partial charge in [0, 0.05) is 10.9 Å². The van der Waals surface area contributed by atoms with E-state index in [2.05, 4.69) is 15.3 Å². The molecule has 4 rings (SSSR count). The van der Waals surface area contributed by atoms with Crippen LogP contribution in [0.2, 0.25) is 0 Å². The zero-order chi connectivity index (χ0) is 25.2. The average molecular weight is 486 g/mol. The number of carbonyl (C=O) groups is 1. The molecule has 8 nitrogen and oxygen atoms in total. The van der Waals surface area contributed by atoms with E-state index in [1.54, 1.807) is 30.3 Å². The van der Waals surface area contributed by atoms with E-state index in [1.807, 2.05) is 6.07 Å². The molecule has 0 radical (unpaired) electrons. The highest BCUT2D eigenvalue weighted by Crippen LogP contribution is 2.37. The van der Waals surface area contributed by atoms with Crippen molar-refractivity contribution in [2.75, 3.05) is 13.7 Å². The highest BCUT2D eigenvalue weighted by Gasteiger charge is 2.33. The topological polar surface area (TPSA) is 124 Å². The minimum Gasteiger partial charge on any atom is -0.494 e. The van der Waals surface area contributed by atoms with Crippen molar-refractivity contribution < 1.29 is 32.2 Å². The number of aliphatic hydroxyl groups excluding tert-OH is 1. The summed E-state index contributed by atoms with van der Waals surface area (Å²) < 4.78 is 50.5. The fourth-order valence-corrected chi connectivity index (χ4v) is 3.63. The molecule has 0 saturated carbocycles. The summed E-state index contributed by atoms with van der Waals surface area (Å²) in [6.45, 7) is -0.510. The number of aliphatic hydroxyl groups is 1. The van der Waals surface area contributed by atoms with Crippen LogP contribution in [0, 0.1) is 0 Å². The SMILES string of the molecule is COc1ccc(-c2nc(C(=O)N[C@@H](CO)c3ccccc3)c(CN)o2)c2ccc(C(F)(F)F)nc12. The highest BCUT2D eigenvalue weighted by atomic mass is 19.4. The first-order valence-corrected chi connectivity index (χ1v) is 10.5. The van der Waals surface area contributed by atoms with Gasteiger partial charge in [-0.2, -0.15) is 13.2 Å². The van der Waals surface area contributed by atoms with E-state index < -0.39 is 23.8 Å². The van der Waals surface area contributed by atoms with Gasteiger partial charge in [-0.3, -0.25) is 4.79 Å². The predicted octanol–water partition coefficient (Wildman–Crippen LogP) is 3.84. The number of hydrogen-bond donors (Lipinski definition) is 3. The summed E-state index contributed by atoms with van der Waals surface area (Å²) in [5.41, 5.74) is 5.54. The predicted molar refractivity (Wildman–Crippen MR) is 120 cm³/mol. The van der Waals surface area contributed by atoms with Gasteiger partial charge in [0.2, 0.25) is 5.89 Å². The molecule has 182 valence electrons. The molecule has 0 aliphatic heterocycles. The fourth-order valence-electron chi connectivity index (χ4n) is 3.63. The molecule has 0 saturated heterocycles. The lowest BCUT2D eigenvalue weighted by Crippen LogP contribution is -2.31. The maximum atomic E-state index is 13.2. The van der Waals surface area contributed by atoms with Crippen LogP contribution in [0.1, 0.15) is 33.5 Å². The first-order chi connectivity index (χ1) is 16.8. The largest absolute Gasteiger partial charge is 0.494 e. The Balaban J connectivity index is 1.75. The lowest BCUT2D eigenvalue weighted by Gasteiger charge is -2.16. The molecule has 0 spiro atoms. The Bertz CT molecular complexity index is 1360. The van der Waals surface area contributed by atoms with Crippen LogP contribution in [0.25, 0.3) is 22.4 Å². The van der Waals surface area contributed by atoms with Crippen LogP contribution in [0.5, 0.6) is 5.75 Å². The second-order valence-corrected chi connectivity index (χ2v) is 7.52. The van der Waals surface area contributed by atoms with Crippen LogP contribution >= 0.6 is 0 Å². The van der Waals surface area contributed by atoms with Gasteiger partial charge in [0.15, 0.2) is 11.5 Å². The first kappa shape index (κ1) is 24.2. The Morgan fingerprint density at radius 2 is 1.89 bits per heavy atom. The molecule has 0 bridgehead atoms. The number of halogens is 3. The molecule has 4 aromatic rings. The van der Waals surface area contributed by atoms with Gasteiger partial charge < -0.3 is 25.3 Å². The van der Waals surface area contributed by atoms with E-state index in [-0.39, 0.29) is 47.1 Å². The number of fused-ring (bicyclic) bond motifs is 1. The molecule has 1 amide bonds. The summed E-state index contributed by atoms with van der Waals surface area (Å²) in [5, 5.41) is 12.7. The number of rotatable bonds is 7. The summed E-state index contributed by atoms with van der Waals surface area (Å²) >= 11 is 0. The third-order valence-corrected chi connectivity index (χ3v) is 5.35. The van der Waals surface area contributed by atoms with E-state index in [1.165, 1.54) is 19.2 Å². The van der Waals surface area contributed by atoms with Gasteiger partial charge in [-0.15, -0.1) is 0 Å². The summed E-state index contributed by atoms with van der Waals surface area (Å²) in [5.74, 6) is -0.443. The van der Waals surface area contributed by atoms with Crippen molar-refractivity contribution in [3.63, 3.8) is 0 Å². The summed E-state index contributed by atoms with van der Waals surface area (Å²) in [6.07, 6.45) is -4.64. The number of aromatic nitrogens is 2. The van der Waals surface area contributed by atoms with Crippen molar-refractivity contribution in [1.29, 1.82) is 0 Å². The molecule has 0 fully saturated rings. The van der Waals surface area contributed by atoms with Gasteiger partial charge in [-0.1, -0.05) is 30.3 Å². The number of hydrogen-bond acceptors (Lipinski definition) is 7. The number of benzene rings is 2. The zero-order valence-electron chi connectivity index (χ0n) is 18.5. The van der Waals surface area contributed by atoms with Crippen LogP contribution in [0.15, 0.2) is 59.0 Å². The van der Waals surface area contributed by atoms with Crippen molar-refractivity contribution >= 4 is 16.8 Å². The lowest BCUT2D eigenvalue weighted by molar-refractivity contribution is -0.140. The van der Waals surface area contributed by atoms with Crippen LogP contribution in [0.4, 0.5) is 13.2 Å². The molecule has 2 aromatic heterocycles. The van der Waals surface area contributed by atoms with E-state index >= 15 is 0 Å². The number of ether oxygens (including phenoxy) is 1. The molecule has 2 aromatic carbocycles. The summed E-state index contributed by atoms with van der Waals surface area (Å²) in [4.78, 5) is 21.0. The maximum Gasteiger partial charge on any atom is 0.433 e. The number of carbonyl (C=O) groups excluding carboxylic acids is 1. The molecule has 4 N–H and O–H groups in total. The molecule has 0 aliphatic carbocycles. The minimum absolute atomic E-state index is 0.0231. The summed E-state index contributed by atoms with van der Waals surface area (Å²) in [7, 11) is 1.32. The second-order valence-electron chi connectivity index (χ2n) is 7.52. The molecule has 0 unspecified atom stereocenters. The Morgan fingerprint density at radius 1 is 1.14 bits per heavy atom. The number of pyridine rings is 1. The van der Waals surface area contributed by atoms with Crippen molar-refractivity contribution in [2.24, 2.45) is 5.73 Å². The van der Waals surface area contributed by atoms with Gasteiger partial charge in [-0.25, -0.2) is 9.97 Å². The van der Waals surface area contributed by atoms with E-state index in [9.17, 15) is 23.1 Å². The zero-order valence-corrected chi connectivity index (χ0v) is 18.5. The van der Waals surface area contributed by atoms with Crippen LogP contribution in [-0.4, -0.2) is 34.7 Å². The number of amides is 1. The molecule has 11 heteroatoms. The van der Waals surface area contributed by atoms with E-state index in [0.29, 0.717) is 11.1 Å². The molecule has 0 aliphatic rings. The molecule has 1 atom stereocenters. The first-order valence-electron chi connectivity index (χ1n) is 10.5. The molecule has 2 heterocycles. The minimum atomic E-state index is -4.64. The van der Waals surface area contributed by atoms with Crippen molar-refractivity contribution in [3.05, 3.63) is 77.3 Å². The van der Waals surface area contributed by atoms with Crippen LogP contribution in [0.3, 0.4) is 0 Å². The quantitative estimate of drug-likeness (QED) is 0.363. The van der Waals surface area contributed by atoms with E-state index in [4.69, 9.17) is 14.9 Å². The normalized spacial score (nSPS) is 12.5. The average Bonchev–Trinajstić information content (AvgIpc) is 3.30. The Labute approximate surface area is 197 Å². The lowest BCUT2D eigenvalue weighted by atomic mass is 10.1. The highest BCUT2D eigenvalue weighted by molar-refractivity contribution is 5.98. The van der Waals surface area contributed by atoms with Crippen molar-refractivity contribution in [2.45, 2.75) is 18.8 Å². The standard InChI is InChI=1S/C24H21F3N4O4/c1-34-17-9-7-15(14-8-10-19(24(25,26)27)30-20(14)17)23-31-21(18(11-28)35-23)22(33)29-16(12-32)13-5-3-2-4-6-13/h2-10,16,32H,11-12,28H2,1H3,(H,29,33)/t16-/m0/s1. The maximum absolute atomic E-state index is 13.2. The smallest absolute Gasteiger partial charge is 0.433 e. The monoisotopic (exact) mass is 486 g/mol. The third kappa shape index (κ3) is 4.81. The molecular formula is C24H21F3N4O4. The van der Waals surface area contributed by atoms with Gasteiger partial charge in [0.05, 0.1) is 26.3 Å². The Morgan fingerprint density at radius 3 is 2.51 bits per heavy atom. The number of methoxy groups -OCH3 is 1. The summed E-state index contributed by atoms with van der Waals surface area (Å²) in [6, 6.07) is 13.2. The van der Waals surface area contributed by atoms with Gasteiger partial charge >= 0.3 is 6.18 Å². The second kappa shape index (κ2) is 9.72. The third-order valence-electron chi connectivity index (χ3n) is 5.35. The number of oxazole rings is 1. The number of nitrogens with one attached hydrogen (secondary N) is 1. The van der Waals surface area contributed by atoms with Gasteiger partial charge in [-0.05, 0) is 29.8 Å². The fraction of sp³-hybridized carbons (Fsp3) is 0.208. The van der Waals surface area contributed by atoms with Crippen molar-refractivity contribution in [1.82, 2.24) is 15.3 Å². The Hall–Kier alpha value is -3.96. The van der Waals surface area contributed by atoms with Gasteiger partial charge in [0.25, 0.3) is 5.91 Å². The van der Waals surface area contributed by atoms with E-state index in [0.717, 1.165) is 6.07 Å². The molecule has 35 heavy (non-hydrogen) atoms. The van der Waals surface area contributed by atoms with Crippen molar-refractivity contribution in [3.8, 4) is 17.2 Å². The number of nitrogens with two attached hydrogens (primary N) is 1. The number of nitrogens with zero attached hydrogens (tertiary/aromatic N) is 2. The van der Waals surface area contributed by atoms with Crippen LogP contribution < -0.4 is 15.8 Å². The molecular weight excluding hydrogens is 465 g/mol. The Kier molecular flexibility index (Phi) is 6.72. The number of alkyl halides is 3. The van der Waals surface area contributed by atoms with Crippen LogP contribution in [-0.2, 0) is 12.7 Å². The van der Waals surface area contributed by atoms with Gasteiger partial charge in [0.1, 0.15) is 17.0 Å².